The van der Waals surface area contributed by atoms with Gasteiger partial charge in [0.1, 0.15) is 12.4 Å². The average molecular weight is 167 g/mol. The van der Waals surface area contributed by atoms with Crippen LogP contribution in [-0.2, 0) is 4.79 Å². The molecular formula is C8H6FNO2. The van der Waals surface area contributed by atoms with Gasteiger partial charge in [-0.05, 0) is 12.1 Å². The van der Waals surface area contributed by atoms with Crippen molar-refractivity contribution in [3.05, 3.63) is 24.0 Å². The molecular weight excluding hydrogens is 161 g/mol. The van der Waals surface area contributed by atoms with E-state index in [9.17, 15) is 9.18 Å². The minimum Gasteiger partial charge on any atom is -0.423 e. The molecule has 0 saturated carbocycles. The molecule has 12 heavy (non-hydrogen) atoms. The van der Waals surface area contributed by atoms with Crippen molar-refractivity contribution in [3.8, 4) is 5.75 Å². The number of hydrogen-bond donors (Lipinski definition) is 1. The van der Waals surface area contributed by atoms with Gasteiger partial charge in [-0.1, -0.05) is 0 Å². The summed E-state index contributed by atoms with van der Waals surface area (Å²) < 4.78 is 17.4. The number of carbonyl (C=O) groups excluding carboxylic acids is 1. The first kappa shape index (κ1) is 7.09. The van der Waals surface area contributed by atoms with Gasteiger partial charge in [0.2, 0.25) is 0 Å². The van der Waals surface area contributed by atoms with E-state index in [-0.39, 0.29) is 18.3 Å². The Morgan fingerprint density at radius 1 is 1.50 bits per heavy atom. The predicted octanol–water partition coefficient (Wildman–Crippen LogP) is 1.16. The van der Waals surface area contributed by atoms with E-state index < -0.39 is 0 Å². The molecule has 0 fully saturated rings. The molecule has 2 rings (SSSR count). The second kappa shape index (κ2) is 2.48. The molecule has 0 aromatic heterocycles. The van der Waals surface area contributed by atoms with Crippen molar-refractivity contribution in [3.63, 3.8) is 0 Å². The minimum absolute atomic E-state index is 0.0937. The van der Waals surface area contributed by atoms with E-state index in [4.69, 9.17) is 4.74 Å². The third kappa shape index (κ3) is 1.11. The number of rotatable bonds is 0. The highest BCUT2D eigenvalue weighted by Gasteiger charge is 2.15. The first-order chi connectivity index (χ1) is 5.75. The molecule has 0 saturated heterocycles. The van der Waals surface area contributed by atoms with E-state index in [0.717, 1.165) is 0 Å². The highest BCUT2D eigenvalue weighted by Crippen LogP contribution is 2.27. The third-order valence-corrected chi connectivity index (χ3v) is 1.59. The van der Waals surface area contributed by atoms with Gasteiger partial charge in [-0.25, -0.2) is 9.18 Å². The Morgan fingerprint density at radius 2 is 2.33 bits per heavy atom. The summed E-state index contributed by atoms with van der Waals surface area (Å²) in [6, 6.07) is 3.97. The highest BCUT2D eigenvalue weighted by atomic mass is 19.1. The van der Waals surface area contributed by atoms with E-state index in [1.807, 2.05) is 0 Å². The topological polar surface area (TPSA) is 38.3 Å². The maximum absolute atomic E-state index is 12.6. The molecule has 1 aromatic carbocycles. The van der Waals surface area contributed by atoms with Gasteiger partial charge >= 0.3 is 5.97 Å². The van der Waals surface area contributed by atoms with Gasteiger partial charge in [0.15, 0.2) is 5.75 Å². The number of nitrogens with one attached hydrogen (secondary N) is 1. The molecule has 0 atom stereocenters. The molecule has 0 bridgehead atoms. The largest absolute Gasteiger partial charge is 0.423 e. The Bertz CT molecular complexity index is 338. The van der Waals surface area contributed by atoms with E-state index in [0.29, 0.717) is 11.4 Å². The van der Waals surface area contributed by atoms with E-state index >= 15 is 0 Å². The van der Waals surface area contributed by atoms with Crippen LogP contribution in [0.4, 0.5) is 10.1 Å². The van der Waals surface area contributed by atoms with Crippen molar-refractivity contribution in [1.29, 1.82) is 0 Å². The standard InChI is InChI=1S/C8H6FNO2/c9-5-1-2-7-6(3-5)10-4-8(11)12-7/h1-3,10H,4H2. The molecule has 4 heteroatoms. The lowest BCUT2D eigenvalue weighted by molar-refractivity contribution is -0.132. The smallest absolute Gasteiger partial charge is 0.330 e. The average Bonchev–Trinajstić information content (AvgIpc) is 2.05. The summed E-state index contributed by atoms with van der Waals surface area (Å²) in [4.78, 5) is 10.7. The molecule has 0 aliphatic carbocycles. The fraction of sp³-hybridized carbons (Fsp3) is 0.125. The number of ether oxygens (including phenoxy) is 1. The number of hydrogen-bond acceptors (Lipinski definition) is 3. The quantitative estimate of drug-likeness (QED) is 0.465. The van der Waals surface area contributed by atoms with Crippen LogP contribution in [0.5, 0.6) is 5.75 Å². The molecule has 62 valence electrons. The normalized spacial score (nSPS) is 14.6. The van der Waals surface area contributed by atoms with E-state index in [1.54, 1.807) is 0 Å². The molecule has 3 nitrogen and oxygen atoms in total. The van der Waals surface area contributed by atoms with Gasteiger partial charge in [-0.15, -0.1) is 0 Å². The molecule has 0 spiro atoms. The van der Waals surface area contributed by atoms with Crippen LogP contribution in [0.1, 0.15) is 0 Å². The van der Waals surface area contributed by atoms with Crippen LogP contribution in [0.2, 0.25) is 0 Å². The Labute approximate surface area is 68.1 Å². The Balaban J connectivity index is 2.43. The third-order valence-electron chi connectivity index (χ3n) is 1.59. The molecule has 0 amide bonds. The van der Waals surface area contributed by atoms with Crippen LogP contribution in [-0.4, -0.2) is 12.5 Å². The highest BCUT2D eigenvalue weighted by molar-refractivity contribution is 5.83. The number of fused-ring (bicyclic) bond motifs is 1. The summed E-state index contributed by atoms with van der Waals surface area (Å²) in [6.45, 7) is 0.0937. The fourth-order valence-corrected chi connectivity index (χ4v) is 1.06. The summed E-state index contributed by atoms with van der Waals surface area (Å²) in [5.41, 5.74) is 0.523. The minimum atomic E-state index is -0.353. The summed E-state index contributed by atoms with van der Waals surface area (Å²) in [6.07, 6.45) is 0. The Morgan fingerprint density at radius 3 is 3.17 bits per heavy atom. The Hall–Kier alpha value is -1.58. The van der Waals surface area contributed by atoms with Gasteiger partial charge < -0.3 is 10.1 Å². The summed E-state index contributed by atoms with van der Waals surface area (Å²) in [5, 5.41) is 2.74. The molecule has 1 aliphatic heterocycles. The molecule has 1 aromatic rings. The van der Waals surface area contributed by atoms with Gasteiger partial charge in [0, 0.05) is 6.07 Å². The number of benzene rings is 1. The Kier molecular flexibility index (Phi) is 1.46. The van der Waals surface area contributed by atoms with Crippen LogP contribution in [0.25, 0.3) is 0 Å². The summed E-state index contributed by atoms with van der Waals surface area (Å²) >= 11 is 0. The fourth-order valence-electron chi connectivity index (χ4n) is 1.06. The second-order valence-electron chi connectivity index (χ2n) is 2.47. The van der Waals surface area contributed by atoms with Crippen molar-refractivity contribution in [2.75, 3.05) is 11.9 Å². The lowest BCUT2D eigenvalue weighted by Crippen LogP contribution is -2.24. The molecule has 0 radical (unpaired) electrons. The van der Waals surface area contributed by atoms with Gasteiger partial charge in [0.05, 0.1) is 5.69 Å². The zero-order valence-corrected chi connectivity index (χ0v) is 6.13. The summed E-state index contributed by atoms with van der Waals surface area (Å²) in [5.74, 6) is -0.319. The number of halogens is 1. The zero-order valence-electron chi connectivity index (χ0n) is 6.13. The molecule has 1 N–H and O–H groups in total. The number of anilines is 1. The lowest BCUT2D eigenvalue weighted by atomic mass is 10.2. The first-order valence-electron chi connectivity index (χ1n) is 3.50. The van der Waals surface area contributed by atoms with E-state index in [2.05, 4.69) is 5.32 Å². The number of carbonyl (C=O) groups is 1. The zero-order chi connectivity index (χ0) is 8.55. The van der Waals surface area contributed by atoms with Gasteiger partial charge in [-0.3, -0.25) is 0 Å². The van der Waals surface area contributed by atoms with Gasteiger partial charge in [0.25, 0.3) is 0 Å². The van der Waals surface area contributed by atoms with E-state index in [1.165, 1.54) is 18.2 Å². The first-order valence-corrected chi connectivity index (χ1v) is 3.50. The lowest BCUT2D eigenvalue weighted by Gasteiger charge is -2.16. The van der Waals surface area contributed by atoms with Crippen molar-refractivity contribution in [1.82, 2.24) is 0 Å². The van der Waals surface area contributed by atoms with Gasteiger partial charge in [-0.2, -0.15) is 0 Å². The van der Waals surface area contributed by atoms with Crippen LogP contribution < -0.4 is 10.1 Å². The summed E-state index contributed by atoms with van der Waals surface area (Å²) in [7, 11) is 0. The van der Waals surface area contributed by atoms with Crippen molar-refractivity contribution in [2.24, 2.45) is 0 Å². The van der Waals surface area contributed by atoms with Crippen LogP contribution in [0, 0.1) is 5.82 Å². The second-order valence-corrected chi connectivity index (χ2v) is 2.47. The maximum Gasteiger partial charge on any atom is 0.330 e. The SMILES string of the molecule is O=C1CNc2cc(F)ccc2O1. The monoisotopic (exact) mass is 167 g/mol. The predicted molar refractivity (Wildman–Crippen MR) is 40.5 cm³/mol. The van der Waals surface area contributed by atoms with Crippen LogP contribution in [0.15, 0.2) is 18.2 Å². The molecule has 1 heterocycles. The van der Waals surface area contributed by atoms with Crippen LogP contribution >= 0.6 is 0 Å². The molecule has 1 aliphatic rings. The van der Waals surface area contributed by atoms with Crippen LogP contribution in [0.3, 0.4) is 0 Å². The maximum atomic E-state index is 12.6. The molecule has 0 unspecified atom stereocenters. The van der Waals surface area contributed by atoms with Crippen molar-refractivity contribution in [2.45, 2.75) is 0 Å². The van der Waals surface area contributed by atoms with Crippen molar-refractivity contribution < 1.29 is 13.9 Å². The van der Waals surface area contributed by atoms with Crippen molar-refractivity contribution >= 4 is 11.7 Å². The number of esters is 1.